The number of aryl methyl sites for hydroxylation is 1. The van der Waals surface area contributed by atoms with Crippen LogP contribution in [-0.4, -0.2) is 0 Å². The summed E-state index contributed by atoms with van der Waals surface area (Å²) in [6.07, 6.45) is 4.06. The molecule has 2 rings (SSSR count). The maximum atomic E-state index is 13.0. The number of benzene rings is 1. The molecule has 3 N–H and O–H groups in total. The first-order chi connectivity index (χ1) is 9.06. The van der Waals surface area contributed by atoms with E-state index in [-0.39, 0.29) is 5.82 Å². The van der Waals surface area contributed by atoms with E-state index >= 15 is 0 Å². The molecule has 0 fully saturated rings. The van der Waals surface area contributed by atoms with E-state index in [1.807, 2.05) is 19.1 Å². The Kier molecular flexibility index (Phi) is 4.10. The van der Waals surface area contributed by atoms with Crippen molar-refractivity contribution in [2.24, 2.45) is 5.92 Å². The summed E-state index contributed by atoms with van der Waals surface area (Å²) >= 11 is 0. The molecule has 1 aromatic carbocycles. The molecule has 0 aromatic heterocycles. The zero-order valence-corrected chi connectivity index (χ0v) is 11.5. The summed E-state index contributed by atoms with van der Waals surface area (Å²) in [6, 6.07) is 4.85. The van der Waals surface area contributed by atoms with Crippen LogP contribution in [0.5, 0.6) is 0 Å². The number of nitrogens with one attached hydrogen (secondary N) is 3. The van der Waals surface area contributed by atoms with Gasteiger partial charge in [-0.2, -0.15) is 0 Å². The van der Waals surface area contributed by atoms with Crippen LogP contribution in [0.3, 0.4) is 0 Å². The lowest BCUT2D eigenvalue weighted by Gasteiger charge is -2.22. The minimum atomic E-state index is -0.192. The third kappa shape index (κ3) is 3.50. The second kappa shape index (κ2) is 5.78. The number of hydrogen-bond acceptors (Lipinski definition) is 3. The first kappa shape index (κ1) is 13.5. The molecule has 0 radical (unpaired) electrons. The number of allylic oxidation sites excluding steroid dienone is 3. The van der Waals surface area contributed by atoms with Gasteiger partial charge < -0.3 is 10.7 Å². The number of halogens is 1. The van der Waals surface area contributed by atoms with Crippen LogP contribution >= 0.6 is 0 Å². The first-order valence-electron chi connectivity index (χ1n) is 6.49. The van der Waals surface area contributed by atoms with Gasteiger partial charge in [-0.05, 0) is 48.3 Å². The van der Waals surface area contributed by atoms with Crippen LogP contribution < -0.4 is 16.2 Å². The van der Waals surface area contributed by atoms with Crippen LogP contribution in [0, 0.1) is 18.7 Å². The fourth-order valence-electron chi connectivity index (χ4n) is 1.88. The monoisotopic (exact) mass is 261 g/mol. The average molecular weight is 261 g/mol. The summed E-state index contributed by atoms with van der Waals surface area (Å²) < 4.78 is 13.0. The molecule has 1 aliphatic rings. The van der Waals surface area contributed by atoms with Crippen molar-refractivity contribution in [3.8, 4) is 0 Å². The van der Waals surface area contributed by atoms with Gasteiger partial charge in [0.1, 0.15) is 11.6 Å². The van der Waals surface area contributed by atoms with E-state index in [9.17, 15) is 4.39 Å². The highest BCUT2D eigenvalue weighted by molar-refractivity contribution is 5.27. The van der Waals surface area contributed by atoms with Crippen LogP contribution in [0.2, 0.25) is 0 Å². The van der Waals surface area contributed by atoms with E-state index in [2.05, 4.69) is 36.1 Å². The minimum absolute atomic E-state index is 0.192. The Bertz CT molecular complexity index is 518. The lowest BCUT2D eigenvalue weighted by atomic mass is 10.1. The molecule has 0 saturated carbocycles. The van der Waals surface area contributed by atoms with Gasteiger partial charge >= 0.3 is 0 Å². The van der Waals surface area contributed by atoms with Gasteiger partial charge in [0.25, 0.3) is 0 Å². The van der Waals surface area contributed by atoms with Crippen molar-refractivity contribution in [3.05, 3.63) is 58.8 Å². The quantitative estimate of drug-likeness (QED) is 0.780. The number of rotatable bonds is 4. The van der Waals surface area contributed by atoms with E-state index in [1.165, 1.54) is 6.07 Å². The van der Waals surface area contributed by atoms with Crippen LogP contribution in [0.15, 0.2) is 41.9 Å². The molecule has 0 unspecified atom stereocenters. The normalized spacial score (nSPS) is 14.4. The summed E-state index contributed by atoms with van der Waals surface area (Å²) in [4.78, 5) is 0. The molecular formula is C15H20FN3. The standard InChI is InChI=1S/C15H20FN3/c1-10(2)14-6-7-15(19-18-14)17-9-12-4-5-13(16)8-11(12)3/h4-8,10,17-19H,9H2,1-3H3. The van der Waals surface area contributed by atoms with Crippen LogP contribution in [0.1, 0.15) is 25.0 Å². The van der Waals surface area contributed by atoms with Gasteiger partial charge in [0.05, 0.1) is 0 Å². The maximum absolute atomic E-state index is 13.0. The van der Waals surface area contributed by atoms with Gasteiger partial charge in [-0.15, -0.1) is 0 Å². The third-order valence-corrected chi connectivity index (χ3v) is 3.17. The molecule has 0 saturated heterocycles. The topological polar surface area (TPSA) is 36.1 Å². The Morgan fingerprint density at radius 1 is 1.21 bits per heavy atom. The molecule has 3 nitrogen and oxygen atoms in total. The summed E-state index contributed by atoms with van der Waals surface area (Å²) in [7, 11) is 0. The molecular weight excluding hydrogens is 241 g/mol. The van der Waals surface area contributed by atoms with Crippen LogP contribution in [0.4, 0.5) is 4.39 Å². The van der Waals surface area contributed by atoms with Crippen molar-refractivity contribution in [2.75, 3.05) is 0 Å². The second-order valence-electron chi connectivity index (χ2n) is 5.03. The maximum Gasteiger partial charge on any atom is 0.123 e. The highest BCUT2D eigenvalue weighted by Gasteiger charge is 2.07. The van der Waals surface area contributed by atoms with Gasteiger partial charge in [0, 0.05) is 12.2 Å². The predicted molar refractivity (Wildman–Crippen MR) is 75.3 cm³/mol. The van der Waals surface area contributed by atoms with Crippen molar-refractivity contribution in [1.82, 2.24) is 16.2 Å². The zero-order valence-electron chi connectivity index (χ0n) is 11.5. The predicted octanol–water partition coefficient (Wildman–Crippen LogP) is 2.71. The second-order valence-corrected chi connectivity index (χ2v) is 5.03. The summed E-state index contributed by atoms with van der Waals surface area (Å²) in [5, 5.41) is 3.28. The molecule has 4 heteroatoms. The van der Waals surface area contributed by atoms with Crippen molar-refractivity contribution >= 4 is 0 Å². The van der Waals surface area contributed by atoms with Crippen LogP contribution in [-0.2, 0) is 6.54 Å². The first-order valence-corrected chi connectivity index (χ1v) is 6.49. The Labute approximate surface area is 113 Å². The van der Waals surface area contributed by atoms with Crippen molar-refractivity contribution in [2.45, 2.75) is 27.3 Å². The van der Waals surface area contributed by atoms with E-state index < -0.39 is 0 Å². The Morgan fingerprint density at radius 3 is 2.58 bits per heavy atom. The van der Waals surface area contributed by atoms with Gasteiger partial charge in [-0.25, -0.2) is 4.39 Å². The van der Waals surface area contributed by atoms with E-state index in [1.54, 1.807) is 6.07 Å². The van der Waals surface area contributed by atoms with Gasteiger partial charge in [-0.1, -0.05) is 19.9 Å². The number of hydrogen-bond donors (Lipinski definition) is 3. The molecule has 1 aliphatic heterocycles. The highest BCUT2D eigenvalue weighted by Crippen LogP contribution is 2.11. The molecule has 0 spiro atoms. The van der Waals surface area contributed by atoms with Crippen molar-refractivity contribution in [1.29, 1.82) is 0 Å². The van der Waals surface area contributed by atoms with Gasteiger partial charge in [-0.3, -0.25) is 5.43 Å². The van der Waals surface area contributed by atoms with Crippen LogP contribution in [0.25, 0.3) is 0 Å². The van der Waals surface area contributed by atoms with Gasteiger partial charge in [0.2, 0.25) is 0 Å². The number of hydrazine groups is 1. The summed E-state index contributed by atoms with van der Waals surface area (Å²) in [5.74, 6) is 1.18. The molecule has 1 aromatic rings. The molecule has 102 valence electrons. The molecule has 1 heterocycles. The van der Waals surface area contributed by atoms with Crippen molar-refractivity contribution < 1.29 is 4.39 Å². The van der Waals surface area contributed by atoms with E-state index in [0.29, 0.717) is 12.5 Å². The van der Waals surface area contributed by atoms with Crippen molar-refractivity contribution in [3.63, 3.8) is 0 Å². The fraction of sp³-hybridized carbons (Fsp3) is 0.333. The highest BCUT2D eigenvalue weighted by atomic mass is 19.1. The van der Waals surface area contributed by atoms with E-state index in [0.717, 1.165) is 22.6 Å². The largest absolute Gasteiger partial charge is 0.366 e. The third-order valence-electron chi connectivity index (χ3n) is 3.17. The smallest absolute Gasteiger partial charge is 0.123 e. The SMILES string of the molecule is Cc1cc(F)ccc1CNC1=CC=C(C(C)C)NN1. The lowest BCUT2D eigenvalue weighted by Crippen LogP contribution is -2.39. The fourth-order valence-corrected chi connectivity index (χ4v) is 1.88. The van der Waals surface area contributed by atoms with Gasteiger partial charge in [0.15, 0.2) is 0 Å². The minimum Gasteiger partial charge on any atom is -0.366 e. The Hall–Kier alpha value is -1.97. The molecule has 0 aliphatic carbocycles. The zero-order chi connectivity index (χ0) is 13.8. The molecule has 0 atom stereocenters. The summed E-state index contributed by atoms with van der Waals surface area (Å²) in [6.45, 7) is 6.85. The average Bonchev–Trinajstić information content (AvgIpc) is 2.38. The Balaban J connectivity index is 1.96. The Morgan fingerprint density at radius 2 is 2.00 bits per heavy atom. The molecule has 0 bridgehead atoms. The summed E-state index contributed by atoms with van der Waals surface area (Å²) in [5.41, 5.74) is 9.45. The lowest BCUT2D eigenvalue weighted by molar-refractivity contribution is 0.551. The molecule has 0 amide bonds. The van der Waals surface area contributed by atoms with E-state index in [4.69, 9.17) is 0 Å². The molecule has 19 heavy (non-hydrogen) atoms.